The predicted octanol–water partition coefficient (Wildman–Crippen LogP) is 4.35. The summed E-state index contributed by atoms with van der Waals surface area (Å²) in [6.07, 6.45) is 0. The summed E-state index contributed by atoms with van der Waals surface area (Å²) in [7, 11) is 0. The van der Waals surface area contributed by atoms with Gasteiger partial charge in [0.05, 0.1) is 0 Å². The molecule has 0 bridgehead atoms. The van der Waals surface area contributed by atoms with Crippen molar-refractivity contribution >= 4 is 40.0 Å². The van der Waals surface area contributed by atoms with Gasteiger partial charge in [0.25, 0.3) is 5.91 Å². The first-order valence-electron chi connectivity index (χ1n) is 9.45. The first kappa shape index (κ1) is 20.8. The van der Waals surface area contributed by atoms with Gasteiger partial charge in [-0.15, -0.1) is 10.2 Å². The third-order valence-electron chi connectivity index (χ3n) is 4.57. The summed E-state index contributed by atoms with van der Waals surface area (Å²) in [6, 6.07) is 8.22. The van der Waals surface area contributed by atoms with E-state index in [0.717, 1.165) is 39.0 Å². The highest BCUT2D eigenvalue weighted by Crippen LogP contribution is 2.33. The molecule has 0 unspecified atom stereocenters. The van der Waals surface area contributed by atoms with E-state index in [0.29, 0.717) is 24.1 Å². The van der Waals surface area contributed by atoms with Crippen LogP contribution in [0.4, 0.5) is 0 Å². The van der Waals surface area contributed by atoms with Crippen LogP contribution in [-0.4, -0.2) is 46.7 Å². The highest BCUT2D eigenvalue weighted by molar-refractivity contribution is 8.00. The molecule has 0 radical (unpaired) electrons. The zero-order valence-electron chi connectivity index (χ0n) is 16.7. The third kappa shape index (κ3) is 4.92. The summed E-state index contributed by atoms with van der Waals surface area (Å²) >= 11 is 3.13. The maximum Gasteiger partial charge on any atom is 0.287 e. The number of carbonyl (C=O) groups is 1. The van der Waals surface area contributed by atoms with Gasteiger partial charge < -0.3 is 9.73 Å². The fraction of sp³-hybridized carbons (Fsp3) is 0.450. The van der Waals surface area contributed by atoms with Crippen LogP contribution in [0, 0.1) is 6.92 Å². The van der Waals surface area contributed by atoms with Crippen LogP contribution < -0.4 is 5.32 Å². The minimum Gasteiger partial charge on any atom is -0.451 e. The van der Waals surface area contributed by atoms with E-state index in [1.807, 2.05) is 31.2 Å². The van der Waals surface area contributed by atoms with Crippen molar-refractivity contribution in [3.05, 3.63) is 40.6 Å². The Morgan fingerprint density at radius 2 is 2.11 bits per heavy atom. The monoisotopic (exact) mass is 418 g/mol. The van der Waals surface area contributed by atoms with Gasteiger partial charge in [-0.3, -0.25) is 9.69 Å². The fourth-order valence-electron chi connectivity index (χ4n) is 3.07. The number of aryl methyl sites for hydroxylation is 1. The summed E-state index contributed by atoms with van der Waals surface area (Å²) in [4.78, 5) is 15.1. The molecular weight excluding hydrogens is 392 g/mol. The average molecular weight is 419 g/mol. The molecular formula is C20H26N4O2S2. The summed E-state index contributed by atoms with van der Waals surface area (Å²) in [5.41, 5.74) is 1.64. The average Bonchev–Trinajstić information content (AvgIpc) is 3.26. The number of para-hydroxylation sites is 1. The zero-order valence-corrected chi connectivity index (χ0v) is 18.3. The van der Waals surface area contributed by atoms with Gasteiger partial charge in [0.2, 0.25) is 0 Å². The lowest BCUT2D eigenvalue weighted by Crippen LogP contribution is -2.38. The number of thioether (sulfide) groups is 1. The second-order valence-electron chi connectivity index (χ2n) is 6.76. The first-order chi connectivity index (χ1) is 13.5. The Morgan fingerprint density at radius 3 is 2.79 bits per heavy atom. The second-order valence-corrected chi connectivity index (χ2v) is 9.16. The lowest BCUT2D eigenvalue weighted by molar-refractivity contribution is 0.0919. The number of amides is 1. The Hall–Kier alpha value is -1.90. The first-order valence-corrected chi connectivity index (χ1v) is 11.2. The number of hydrogen-bond donors (Lipinski definition) is 1. The zero-order chi connectivity index (χ0) is 20.1. The van der Waals surface area contributed by atoms with Crippen LogP contribution in [0.5, 0.6) is 0 Å². The van der Waals surface area contributed by atoms with Crippen molar-refractivity contribution in [2.24, 2.45) is 0 Å². The van der Waals surface area contributed by atoms with Crippen molar-refractivity contribution in [3.63, 3.8) is 0 Å². The normalized spacial score (nSPS) is 11.6. The lowest BCUT2D eigenvalue weighted by atomic mass is 10.1. The van der Waals surface area contributed by atoms with E-state index in [-0.39, 0.29) is 5.91 Å². The molecule has 0 spiro atoms. The molecule has 0 fully saturated rings. The van der Waals surface area contributed by atoms with Gasteiger partial charge in [0.1, 0.15) is 10.6 Å². The number of nitrogens with zero attached hydrogens (tertiary/aromatic N) is 3. The van der Waals surface area contributed by atoms with Gasteiger partial charge in [-0.1, -0.05) is 48.2 Å². The van der Waals surface area contributed by atoms with Crippen molar-refractivity contribution in [2.45, 2.75) is 43.8 Å². The van der Waals surface area contributed by atoms with E-state index >= 15 is 0 Å². The second kappa shape index (κ2) is 9.54. The Morgan fingerprint density at radius 1 is 1.32 bits per heavy atom. The Kier molecular flexibility index (Phi) is 7.09. The molecule has 1 amide bonds. The Bertz CT molecular complexity index is 935. The minimum atomic E-state index is -0.167. The number of benzene rings is 1. The summed E-state index contributed by atoms with van der Waals surface area (Å²) < 4.78 is 6.81. The Labute approximate surface area is 173 Å². The number of likely N-dealkylation sites (N-methyl/N-ethyl adjacent to an activating group) is 1. The van der Waals surface area contributed by atoms with Gasteiger partial charge in [-0.05, 0) is 33.4 Å². The van der Waals surface area contributed by atoms with E-state index < -0.39 is 0 Å². The number of fused-ring (bicyclic) bond motifs is 1. The molecule has 3 rings (SSSR count). The van der Waals surface area contributed by atoms with E-state index in [1.54, 1.807) is 23.1 Å². The molecule has 0 saturated heterocycles. The smallest absolute Gasteiger partial charge is 0.287 e. The largest absolute Gasteiger partial charge is 0.451 e. The molecule has 6 nitrogen and oxygen atoms in total. The summed E-state index contributed by atoms with van der Waals surface area (Å²) in [5.74, 6) is 0.837. The van der Waals surface area contributed by atoms with Gasteiger partial charge in [0, 0.05) is 35.8 Å². The quantitative estimate of drug-likeness (QED) is 0.521. The number of aromatic nitrogens is 2. The number of rotatable bonds is 9. The molecule has 0 aliphatic carbocycles. The van der Waals surface area contributed by atoms with Gasteiger partial charge in [0.15, 0.2) is 10.1 Å². The van der Waals surface area contributed by atoms with Crippen LogP contribution >= 0.6 is 23.1 Å². The van der Waals surface area contributed by atoms with E-state index in [2.05, 4.69) is 41.2 Å². The van der Waals surface area contributed by atoms with Gasteiger partial charge in [-0.2, -0.15) is 0 Å². The number of carbonyl (C=O) groups excluding carboxylic acids is 1. The molecule has 28 heavy (non-hydrogen) atoms. The maximum absolute atomic E-state index is 12.8. The van der Waals surface area contributed by atoms with Crippen LogP contribution in [-0.2, 0) is 5.75 Å². The Balaban J connectivity index is 1.74. The van der Waals surface area contributed by atoms with Crippen molar-refractivity contribution in [2.75, 3.05) is 19.6 Å². The summed E-state index contributed by atoms with van der Waals surface area (Å²) in [5, 5.41) is 13.1. The summed E-state index contributed by atoms with van der Waals surface area (Å²) in [6.45, 7) is 10.8. The number of hydrogen-bond acceptors (Lipinski definition) is 7. The number of nitrogens with one attached hydrogen (secondary N) is 1. The standard InChI is InChI=1S/C20H26N4O2S2/c1-5-24(13(2)3)11-10-21-19(25)18-16(12-27-20-23-22-14(4)28-20)15-8-6-7-9-17(15)26-18/h6-9,13H,5,10-12H2,1-4H3,(H,21,25). The van der Waals surface area contributed by atoms with E-state index in [1.165, 1.54) is 0 Å². The van der Waals surface area contributed by atoms with E-state index in [4.69, 9.17) is 4.42 Å². The minimum absolute atomic E-state index is 0.167. The molecule has 0 saturated carbocycles. The van der Waals surface area contributed by atoms with Crippen LogP contribution in [0.3, 0.4) is 0 Å². The molecule has 1 aromatic carbocycles. The topological polar surface area (TPSA) is 71.3 Å². The molecule has 0 aliphatic heterocycles. The highest BCUT2D eigenvalue weighted by Gasteiger charge is 2.21. The maximum atomic E-state index is 12.8. The van der Waals surface area contributed by atoms with E-state index in [9.17, 15) is 4.79 Å². The molecule has 3 aromatic rings. The molecule has 2 aromatic heterocycles. The fourth-order valence-corrected chi connectivity index (χ4v) is 4.91. The predicted molar refractivity (Wildman–Crippen MR) is 115 cm³/mol. The highest BCUT2D eigenvalue weighted by atomic mass is 32.2. The van der Waals surface area contributed by atoms with Crippen molar-refractivity contribution in [1.29, 1.82) is 0 Å². The van der Waals surface area contributed by atoms with Crippen LogP contribution in [0.15, 0.2) is 33.0 Å². The van der Waals surface area contributed by atoms with Crippen LogP contribution in [0.2, 0.25) is 0 Å². The van der Waals surface area contributed by atoms with Crippen molar-refractivity contribution < 1.29 is 9.21 Å². The molecule has 0 atom stereocenters. The SMILES string of the molecule is CCN(CCNC(=O)c1oc2ccccc2c1CSc1nnc(C)s1)C(C)C. The van der Waals surface area contributed by atoms with Gasteiger partial charge >= 0.3 is 0 Å². The van der Waals surface area contributed by atoms with Crippen molar-refractivity contribution in [3.8, 4) is 0 Å². The molecule has 8 heteroatoms. The van der Waals surface area contributed by atoms with Crippen molar-refractivity contribution in [1.82, 2.24) is 20.4 Å². The van der Waals surface area contributed by atoms with Crippen LogP contribution in [0.25, 0.3) is 11.0 Å². The molecule has 0 aliphatic rings. The third-order valence-corrected chi connectivity index (χ3v) is 6.57. The van der Waals surface area contributed by atoms with Crippen LogP contribution in [0.1, 0.15) is 41.9 Å². The lowest BCUT2D eigenvalue weighted by Gasteiger charge is -2.24. The molecule has 1 N–H and O–H groups in total. The van der Waals surface area contributed by atoms with Gasteiger partial charge in [-0.25, -0.2) is 0 Å². The number of furan rings is 1. The molecule has 2 heterocycles. The molecule has 150 valence electrons.